The number of nitrogens with zero attached hydrogens (tertiary/aromatic N) is 3. The first-order chi connectivity index (χ1) is 10.2. The molecule has 0 aliphatic carbocycles. The van der Waals surface area contributed by atoms with E-state index in [-0.39, 0.29) is 18.8 Å². The summed E-state index contributed by atoms with van der Waals surface area (Å²) in [6.45, 7) is 3.09. The Morgan fingerprint density at radius 1 is 1.24 bits per heavy atom. The first-order valence-electron chi connectivity index (χ1n) is 6.51. The van der Waals surface area contributed by atoms with E-state index in [0.717, 1.165) is 17.1 Å². The third kappa shape index (κ3) is 3.04. The number of nitrogens with two attached hydrogens (primary N) is 1. The molecule has 0 amide bonds. The number of aromatic nitrogens is 3. The number of nitrogens with one attached hydrogen (secondary N) is 1. The van der Waals surface area contributed by atoms with Crippen LogP contribution in [0.5, 0.6) is 17.5 Å². The molecule has 8 heteroatoms. The van der Waals surface area contributed by atoms with Gasteiger partial charge in [-0.05, 0) is 24.6 Å². The predicted molar refractivity (Wildman–Crippen MR) is 75.3 cm³/mol. The van der Waals surface area contributed by atoms with Crippen molar-refractivity contribution >= 4 is 11.9 Å². The van der Waals surface area contributed by atoms with Crippen LogP contribution in [-0.2, 0) is 6.54 Å². The molecule has 1 aliphatic rings. The van der Waals surface area contributed by atoms with E-state index in [0.29, 0.717) is 19.1 Å². The van der Waals surface area contributed by atoms with Gasteiger partial charge in [0.15, 0.2) is 11.5 Å². The Morgan fingerprint density at radius 2 is 2.10 bits per heavy atom. The molecule has 3 rings (SSSR count). The fraction of sp³-hybridized carbons (Fsp3) is 0.308. The lowest BCUT2D eigenvalue weighted by Gasteiger charge is -2.08. The SMILES string of the molecule is CCOc1nc(N)nc(NCc2ccc3c(c2)OCO3)n1. The maximum absolute atomic E-state index is 5.61. The molecule has 0 unspecified atom stereocenters. The van der Waals surface area contributed by atoms with E-state index in [1.54, 1.807) is 0 Å². The van der Waals surface area contributed by atoms with Crippen molar-refractivity contribution < 1.29 is 14.2 Å². The normalized spacial score (nSPS) is 12.2. The lowest BCUT2D eigenvalue weighted by molar-refractivity contribution is 0.174. The van der Waals surface area contributed by atoms with Gasteiger partial charge in [0.25, 0.3) is 0 Å². The van der Waals surface area contributed by atoms with Crippen molar-refractivity contribution in [1.82, 2.24) is 15.0 Å². The Morgan fingerprint density at radius 3 is 2.95 bits per heavy atom. The summed E-state index contributed by atoms with van der Waals surface area (Å²) in [5.41, 5.74) is 6.62. The molecule has 1 aromatic carbocycles. The first-order valence-corrected chi connectivity index (χ1v) is 6.51. The number of rotatable bonds is 5. The molecule has 2 heterocycles. The summed E-state index contributed by atoms with van der Waals surface area (Å²) < 4.78 is 15.8. The lowest BCUT2D eigenvalue weighted by Crippen LogP contribution is -2.09. The second-order valence-electron chi connectivity index (χ2n) is 4.27. The van der Waals surface area contributed by atoms with Gasteiger partial charge in [-0.1, -0.05) is 6.07 Å². The number of benzene rings is 1. The summed E-state index contributed by atoms with van der Waals surface area (Å²) in [5, 5.41) is 3.07. The van der Waals surface area contributed by atoms with E-state index in [2.05, 4.69) is 20.3 Å². The molecule has 1 aliphatic heterocycles. The van der Waals surface area contributed by atoms with Gasteiger partial charge in [0, 0.05) is 6.54 Å². The van der Waals surface area contributed by atoms with Crippen molar-refractivity contribution in [3.63, 3.8) is 0 Å². The molecular formula is C13H15N5O3. The van der Waals surface area contributed by atoms with E-state index in [4.69, 9.17) is 19.9 Å². The molecule has 1 aromatic heterocycles. The largest absolute Gasteiger partial charge is 0.464 e. The second-order valence-corrected chi connectivity index (χ2v) is 4.27. The van der Waals surface area contributed by atoms with Gasteiger partial charge >= 0.3 is 6.01 Å². The standard InChI is InChI=1S/C13H15N5O3/c1-2-19-13-17-11(14)16-12(18-13)15-6-8-3-4-9-10(5-8)21-7-20-9/h3-5H,2,6-7H2,1H3,(H3,14,15,16,17,18). The molecule has 0 radical (unpaired) electrons. The summed E-state index contributed by atoms with van der Waals surface area (Å²) in [4.78, 5) is 12.0. The zero-order chi connectivity index (χ0) is 14.7. The molecule has 2 aromatic rings. The van der Waals surface area contributed by atoms with Gasteiger partial charge in [-0.25, -0.2) is 0 Å². The molecule has 0 spiro atoms. The van der Waals surface area contributed by atoms with Crippen molar-refractivity contribution in [2.24, 2.45) is 0 Å². The number of nitrogen functional groups attached to an aromatic ring is 1. The minimum Gasteiger partial charge on any atom is -0.464 e. The van der Waals surface area contributed by atoms with Crippen LogP contribution in [0, 0.1) is 0 Å². The molecule has 0 atom stereocenters. The Hall–Kier alpha value is -2.77. The Kier molecular flexibility index (Phi) is 3.59. The average Bonchev–Trinajstić information content (AvgIpc) is 2.92. The van der Waals surface area contributed by atoms with Crippen LogP contribution in [0.25, 0.3) is 0 Å². The van der Waals surface area contributed by atoms with Crippen LogP contribution in [0.3, 0.4) is 0 Å². The average molecular weight is 289 g/mol. The third-order valence-electron chi connectivity index (χ3n) is 2.79. The molecule has 21 heavy (non-hydrogen) atoms. The summed E-state index contributed by atoms with van der Waals surface area (Å²) in [5.74, 6) is 1.96. The van der Waals surface area contributed by atoms with Crippen LogP contribution >= 0.6 is 0 Å². The van der Waals surface area contributed by atoms with Crippen LogP contribution in [0.1, 0.15) is 12.5 Å². The zero-order valence-corrected chi connectivity index (χ0v) is 11.5. The van der Waals surface area contributed by atoms with E-state index in [1.807, 2.05) is 25.1 Å². The quantitative estimate of drug-likeness (QED) is 0.845. The van der Waals surface area contributed by atoms with Crippen LogP contribution in [0.15, 0.2) is 18.2 Å². The smallest absolute Gasteiger partial charge is 0.323 e. The molecule has 0 bridgehead atoms. The van der Waals surface area contributed by atoms with Gasteiger partial charge in [0.05, 0.1) is 6.61 Å². The highest BCUT2D eigenvalue weighted by Crippen LogP contribution is 2.32. The zero-order valence-electron chi connectivity index (χ0n) is 11.5. The molecule has 110 valence electrons. The van der Waals surface area contributed by atoms with E-state index in [9.17, 15) is 0 Å². The Labute approximate surface area is 121 Å². The number of ether oxygens (including phenoxy) is 3. The van der Waals surface area contributed by atoms with Crippen LogP contribution < -0.4 is 25.3 Å². The van der Waals surface area contributed by atoms with Gasteiger partial charge < -0.3 is 25.3 Å². The molecule has 0 saturated heterocycles. The highest BCUT2D eigenvalue weighted by atomic mass is 16.7. The summed E-state index contributed by atoms with van der Waals surface area (Å²) in [6.07, 6.45) is 0. The minimum atomic E-state index is 0.113. The van der Waals surface area contributed by atoms with Gasteiger partial charge in [0.1, 0.15) is 0 Å². The Balaban J connectivity index is 1.69. The minimum absolute atomic E-state index is 0.113. The molecule has 3 N–H and O–H groups in total. The summed E-state index contributed by atoms with van der Waals surface area (Å²) in [7, 11) is 0. The van der Waals surface area contributed by atoms with Gasteiger partial charge in [-0.2, -0.15) is 15.0 Å². The maximum atomic E-state index is 5.61. The van der Waals surface area contributed by atoms with E-state index in [1.165, 1.54) is 0 Å². The monoisotopic (exact) mass is 289 g/mol. The number of hydrogen-bond donors (Lipinski definition) is 2. The summed E-state index contributed by atoms with van der Waals surface area (Å²) in [6, 6.07) is 5.92. The van der Waals surface area contributed by atoms with Crippen molar-refractivity contribution in [2.75, 3.05) is 24.5 Å². The van der Waals surface area contributed by atoms with E-state index >= 15 is 0 Å². The van der Waals surface area contributed by atoms with Crippen LogP contribution in [0.4, 0.5) is 11.9 Å². The van der Waals surface area contributed by atoms with Gasteiger partial charge in [-0.15, -0.1) is 0 Å². The highest BCUT2D eigenvalue weighted by Gasteiger charge is 2.13. The Bertz CT molecular complexity index is 650. The summed E-state index contributed by atoms with van der Waals surface area (Å²) >= 11 is 0. The third-order valence-corrected chi connectivity index (χ3v) is 2.79. The van der Waals surface area contributed by atoms with Crippen molar-refractivity contribution in [1.29, 1.82) is 0 Å². The van der Waals surface area contributed by atoms with Crippen molar-refractivity contribution in [3.05, 3.63) is 23.8 Å². The fourth-order valence-corrected chi connectivity index (χ4v) is 1.88. The first kappa shape index (κ1) is 13.2. The van der Waals surface area contributed by atoms with Crippen LogP contribution in [0.2, 0.25) is 0 Å². The van der Waals surface area contributed by atoms with E-state index < -0.39 is 0 Å². The highest BCUT2D eigenvalue weighted by molar-refractivity contribution is 5.45. The number of hydrogen-bond acceptors (Lipinski definition) is 8. The molecule has 0 fully saturated rings. The number of anilines is 2. The van der Waals surface area contributed by atoms with Crippen molar-refractivity contribution in [2.45, 2.75) is 13.5 Å². The number of fused-ring (bicyclic) bond motifs is 1. The topological polar surface area (TPSA) is 104 Å². The van der Waals surface area contributed by atoms with Crippen LogP contribution in [-0.4, -0.2) is 28.4 Å². The molecule has 0 saturated carbocycles. The maximum Gasteiger partial charge on any atom is 0.323 e. The van der Waals surface area contributed by atoms with Gasteiger partial charge in [-0.3, -0.25) is 0 Å². The lowest BCUT2D eigenvalue weighted by atomic mass is 10.2. The van der Waals surface area contributed by atoms with Crippen molar-refractivity contribution in [3.8, 4) is 17.5 Å². The second kappa shape index (κ2) is 5.70. The fourth-order valence-electron chi connectivity index (χ4n) is 1.88. The predicted octanol–water partition coefficient (Wildman–Crippen LogP) is 1.19. The van der Waals surface area contributed by atoms with Gasteiger partial charge in [0.2, 0.25) is 18.7 Å². The molecule has 8 nitrogen and oxygen atoms in total. The molecular weight excluding hydrogens is 274 g/mol.